The van der Waals surface area contributed by atoms with Crippen molar-refractivity contribution in [3.05, 3.63) is 138 Å². The van der Waals surface area contributed by atoms with Crippen LogP contribution in [0.2, 0.25) is 0 Å². The van der Waals surface area contributed by atoms with Crippen LogP contribution in [0.4, 0.5) is 0 Å². The van der Waals surface area contributed by atoms with Gasteiger partial charge in [-0.05, 0) is 72.2 Å². The minimum atomic E-state index is -4.00. The number of hydrogen-bond donors (Lipinski definition) is 1. The Balaban J connectivity index is 1.39. The Morgan fingerprint density at radius 3 is 2.16 bits per heavy atom. The highest BCUT2D eigenvalue weighted by Gasteiger charge is 2.27. The van der Waals surface area contributed by atoms with E-state index in [1.165, 1.54) is 23.3 Å². The third kappa shape index (κ3) is 5.89. The van der Waals surface area contributed by atoms with Gasteiger partial charge in [0.05, 0.1) is 17.5 Å². The third-order valence-corrected chi connectivity index (χ3v) is 8.13. The Morgan fingerprint density at radius 1 is 0.789 bits per heavy atom. The van der Waals surface area contributed by atoms with E-state index in [2.05, 4.69) is 42.5 Å². The number of fused-ring (bicyclic) bond motifs is 1. The van der Waals surface area contributed by atoms with Crippen molar-refractivity contribution in [1.29, 1.82) is 0 Å². The fraction of sp³-hybridized carbons (Fsp3) is 0.188. The molecule has 1 heterocycles. The predicted octanol–water partition coefficient (Wildman–Crippen LogP) is 6.09. The zero-order valence-corrected chi connectivity index (χ0v) is 22.1. The largest absolute Gasteiger partial charge is 0.388 e. The van der Waals surface area contributed by atoms with Crippen molar-refractivity contribution >= 4 is 21.0 Å². The summed E-state index contributed by atoms with van der Waals surface area (Å²) in [4.78, 5) is 0.0704. The molecule has 4 aromatic carbocycles. The molecular formula is C32H31NO4S. The maximum absolute atomic E-state index is 12.8. The number of aromatic nitrogens is 1. The normalized spacial score (nSPS) is 13.4. The second-order valence-corrected chi connectivity index (χ2v) is 11.2. The van der Waals surface area contributed by atoms with E-state index in [0.29, 0.717) is 0 Å². The molecule has 0 saturated carbocycles. The van der Waals surface area contributed by atoms with Crippen LogP contribution in [-0.2, 0) is 27.1 Å². The van der Waals surface area contributed by atoms with E-state index >= 15 is 0 Å². The van der Waals surface area contributed by atoms with E-state index < -0.39 is 22.3 Å². The summed E-state index contributed by atoms with van der Waals surface area (Å²) in [6.07, 6.45) is 2.73. The first kappa shape index (κ1) is 25.9. The Bertz CT molecular complexity index is 1590. The number of aliphatic hydroxyl groups excluding tert-OH is 1. The number of benzene rings is 4. The molecule has 0 aliphatic carbocycles. The molecule has 0 bridgehead atoms. The molecule has 194 valence electrons. The summed E-state index contributed by atoms with van der Waals surface area (Å²) in [5.74, 6) is 0. The number of nitrogens with zero attached hydrogens (tertiary/aromatic N) is 1. The average molecular weight is 526 g/mol. The average Bonchev–Trinajstić information content (AvgIpc) is 3.35. The predicted molar refractivity (Wildman–Crippen MR) is 151 cm³/mol. The SMILES string of the molecule is Cc1ccc(S(=O)(=O)OC[C@H](O)[C@H](c2ccccc2)n2ccc3cc(CCc4ccccc4)ccc32)cc1. The maximum Gasteiger partial charge on any atom is 0.297 e. The van der Waals surface area contributed by atoms with E-state index in [4.69, 9.17) is 4.18 Å². The summed E-state index contributed by atoms with van der Waals surface area (Å²) < 4.78 is 32.9. The van der Waals surface area contributed by atoms with Gasteiger partial charge in [0.1, 0.15) is 6.10 Å². The molecule has 1 aromatic heterocycles. The van der Waals surface area contributed by atoms with Crippen LogP contribution in [0, 0.1) is 6.92 Å². The van der Waals surface area contributed by atoms with Crippen molar-refractivity contribution < 1.29 is 17.7 Å². The van der Waals surface area contributed by atoms with E-state index in [1.807, 2.05) is 60.2 Å². The molecule has 0 radical (unpaired) electrons. The highest BCUT2D eigenvalue weighted by atomic mass is 32.2. The summed E-state index contributed by atoms with van der Waals surface area (Å²) in [6.45, 7) is 1.52. The van der Waals surface area contributed by atoms with Crippen molar-refractivity contribution in [3.8, 4) is 0 Å². The second-order valence-electron chi connectivity index (χ2n) is 9.58. The first-order valence-corrected chi connectivity index (χ1v) is 14.1. The number of rotatable bonds is 10. The fourth-order valence-corrected chi connectivity index (χ4v) is 5.71. The molecule has 2 atom stereocenters. The minimum Gasteiger partial charge on any atom is -0.388 e. The molecule has 1 N–H and O–H groups in total. The van der Waals surface area contributed by atoms with Crippen molar-refractivity contribution in [1.82, 2.24) is 4.57 Å². The van der Waals surface area contributed by atoms with Gasteiger partial charge in [-0.25, -0.2) is 0 Å². The quantitative estimate of drug-likeness (QED) is 0.224. The van der Waals surface area contributed by atoms with Gasteiger partial charge in [-0.1, -0.05) is 84.4 Å². The number of aliphatic hydroxyl groups is 1. The van der Waals surface area contributed by atoms with Gasteiger partial charge >= 0.3 is 0 Å². The molecule has 0 aliphatic rings. The molecule has 5 nitrogen and oxygen atoms in total. The topological polar surface area (TPSA) is 68.5 Å². The summed E-state index contributed by atoms with van der Waals surface area (Å²) >= 11 is 0. The Kier molecular flexibility index (Phi) is 7.74. The zero-order chi connectivity index (χ0) is 26.5. The summed E-state index contributed by atoms with van der Waals surface area (Å²) in [6, 6.07) is 34.4. The summed E-state index contributed by atoms with van der Waals surface area (Å²) in [7, 11) is -4.00. The first-order chi connectivity index (χ1) is 18.4. The van der Waals surface area contributed by atoms with E-state index in [1.54, 1.807) is 12.1 Å². The monoisotopic (exact) mass is 525 g/mol. The minimum absolute atomic E-state index is 0.0704. The highest BCUT2D eigenvalue weighted by molar-refractivity contribution is 7.86. The smallest absolute Gasteiger partial charge is 0.297 e. The van der Waals surface area contributed by atoms with Gasteiger partial charge in [0.15, 0.2) is 0 Å². The highest BCUT2D eigenvalue weighted by Crippen LogP contribution is 2.29. The van der Waals surface area contributed by atoms with Crippen LogP contribution in [-0.4, -0.2) is 30.8 Å². The van der Waals surface area contributed by atoms with Crippen molar-refractivity contribution in [2.75, 3.05) is 6.61 Å². The lowest BCUT2D eigenvalue weighted by Crippen LogP contribution is -2.30. The molecule has 0 unspecified atom stereocenters. The molecule has 0 aliphatic heterocycles. The van der Waals surface area contributed by atoms with Crippen LogP contribution in [0.1, 0.15) is 28.3 Å². The Morgan fingerprint density at radius 2 is 1.45 bits per heavy atom. The van der Waals surface area contributed by atoms with Crippen LogP contribution >= 0.6 is 0 Å². The standard InChI is InChI=1S/C32H31NO4S/c1-24-12-17-29(18-13-24)38(35,36)37-23-31(34)32(27-10-6-3-7-11-27)33-21-20-28-22-26(16-19-30(28)33)15-14-25-8-4-2-5-9-25/h2-13,16-22,31-32,34H,14-15,23H2,1H3/t31-,32-/m0/s1. The van der Waals surface area contributed by atoms with Crippen LogP contribution in [0.3, 0.4) is 0 Å². The first-order valence-electron chi connectivity index (χ1n) is 12.7. The van der Waals surface area contributed by atoms with Gasteiger partial charge in [0.2, 0.25) is 0 Å². The fourth-order valence-electron chi connectivity index (χ4n) is 4.79. The van der Waals surface area contributed by atoms with Gasteiger partial charge in [0, 0.05) is 11.7 Å². The van der Waals surface area contributed by atoms with Gasteiger partial charge < -0.3 is 9.67 Å². The molecule has 0 amide bonds. The molecule has 0 saturated heterocycles. The molecular weight excluding hydrogens is 494 g/mol. The van der Waals surface area contributed by atoms with Crippen LogP contribution in [0.25, 0.3) is 10.9 Å². The van der Waals surface area contributed by atoms with Gasteiger partial charge in [-0.2, -0.15) is 8.42 Å². The van der Waals surface area contributed by atoms with Crippen molar-refractivity contribution in [2.45, 2.75) is 36.8 Å². The van der Waals surface area contributed by atoms with Crippen LogP contribution in [0.15, 0.2) is 120 Å². The number of hydrogen-bond acceptors (Lipinski definition) is 4. The zero-order valence-electron chi connectivity index (χ0n) is 21.3. The second kappa shape index (κ2) is 11.4. The molecule has 0 spiro atoms. The van der Waals surface area contributed by atoms with E-state index in [0.717, 1.165) is 34.9 Å². The Labute approximate surface area is 224 Å². The summed E-state index contributed by atoms with van der Waals surface area (Å²) in [5.41, 5.74) is 5.32. The maximum atomic E-state index is 12.8. The molecule has 38 heavy (non-hydrogen) atoms. The van der Waals surface area contributed by atoms with E-state index in [9.17, 15) is 13.5 Å². The molecule has 0 fully saturated rings. The Hall–Kier alpha value is -3.71. The van der Waals surface area contributed by atoms with Gasteiger partial charge in [-0.3, -0.25) is 4.18 Å². The van der Waals surface area contributed by atoms with Crippen LogP contribution < -0.4 is 0 Å². The van der Waals surface area contributed by atoms with Gasteiger partial charge in [0.25, 0.3) is 10.1 Å². The lowest BCUT2D eigenvalue weighted by molar-refractivity contribution is 0.0785. The molecule has 6 heteroatoms. The molecule has 5 rings (SSSR count). The number of aryl methyl sites for hydroxylation is 3. The lowest BCUT2D eigenvalue weighted by Gasteiger charge is -2.26. The summed E-state index contributed by atoms with van der Waals surface area (Å²) in [5, 5.41) is 12.4. The molecule has 5 aromatic rings. The van der Waals surface area contributed by atoms with E-state index in [-0.39, 0.29) is 11.5 Å². The van der Waals surface area contributed by atoms with Crippen molar-refractivity contribution in [3.63, 3.8) is 0 Å². The van der Waals surface area contributed by atoms with Crippen LogP contribution in [0.5, 0.6) is 0 Å². The van der Waals surface area contributed by atoms with Crippen molar-refractivity contribution in [2.24, 2.45) is 0 Å². The third-order valence-electron chi connectivity index (χ3n) is 6.84. The van der Waals surface area contributed by atoms with Gasteiger partial charge in [-0.15, -0.1) is 0 Å². The lowest BCUT2D eigenvalue weighted by atomic mass is 10.0.